The number of nitrogens with one attached hydrogen (secondary N) is 2. The maximum Gasteiger partial charge on any atom is 0.248 e. The average Bonchev–Trinajstić information content (AvgIpc) is 2.67. The summed E-state index contributed by atoms with van der Waals surface area (Å²) in [6.07, 6.45) is 0.616. The molecule has 1 amide bonds. The predicted molar refractivity (Wildman–Crippen MR) is 104 cm³/mol. The molecule has 7 heteroatoms. The standard InChI is InChI=1S/C20H25FN4O2/c1-3-17(27-18-9-5-8-16(21)11-18)13-25-20(23-2)24-12-14-6-4-7-15(10-14)19(22)26/h4-11,17H,3,12-13H2,1-2H3,(H2,22,26)(H2,23,24,25). The van der Waals surface area contributed by atoms with Gasteiger partial charge in [0.05, 0.1) is 6.54 Å². The van der Waals surface area contributed by atoms with E-state index < -0.39 is 5.91 Å². The number of hydrogen-bond donors (Lipinski definition) is 3. The van der Waals surface area contributed by atoms with Crippen LogP contribution in [0, 0.1) is 5.82 Å². The van der Waals surface area contributed by atoms with E-state index >= 15 is 0 Å². The number of halogens is 1. The van der Waals surface area contributed by atoms with Crippen molar-refractivity contribution in [2.24, 2.45) is 10.7 Å². The van der Waals surface area contributed by atoms with Crippen LogP contribution in [0.2, 0.25) is 0 Å². The Balaban J connectivity index is 1.86. The summed E-state index contributed by atoms with van der Waals surface area (Å²) in [7, 11) is 1.67. The van der Waals surface area contributed by atoms with E-state index in [1.54, 1.807) is 37.4 Å². The molecule has 144 valence electrons. The quantitative estimate of drug-likeness (QED) is 0.491. The number of primary amides is 1. The fraction of sp³-hybridized carbons (Fsp3) is 0.300. The minimum absolute atomic E-state index is 0.136. The molecule has 0 saturated heterocycles. The van der Waals surface area contributed by atoms with Gasteiger partial charge in [0, 0.05) is 25.2 Å². The molecule has 2 rings (SSSR count). The number of amides is 1. The van der Waals surface area contributed by atoms with E-state index in [-0.39, 0.29) is 11.9 Å². The number of carbonyl (C=O) groups is 1. The molecule has 0 heterocycles. The lowest BCUT2D eigenvalue weighted by molar-refractivity contribution is 0.1000. The first kappa shape index (κ1) is 20.2. The van der Waals surface area contributed by atoms with Crippen molar-refractivity contribution in [1.29, 1.82) is 0 Å². The second-order valence-electron chi connectivity index (χ2n) is 5.98. The Labute approximate surface area is 158 Å². The van der Waals surface area contributed by atoms with Gasteiger partial charge in [-0.05, 0) is 36.2 Å². The van der Waals surface area contributed by atoms with E-state index in [2.05, 4.69) is 15.6 Å². The van der Waals surface area contributed by atoms with Gasteiger partial charge in [0.2, 0.25) is 5.91 Å². The monoisotopic (exact) mass is 372 g/mol. The van der Waals surface area contributed by atoms with Crippen molar-refractivity contribution in [1.82, 2.24) is 10.6 Å². The Morgan fingerprint density at radius 1 is 1.22 bits per heavy atom. The zero-order chi connectivity index (χ0) is 19.6. The van der Waals surface area contributed by atoms with Gasteiger partial charge in [0.25, 0.3) is 0 Å². The number of carbonyl (C=O) groups excluding carboxylic acids is 1. The third-order valence-electron chi connectivity index (χ3n) is 3.95. The van der Waals surface area contributed by atoms with Gasteiger partial charge in [0.1, 0.15) is 17.7 Å². The molecule has 1 atom stereocenters. The maximum absolute atomic E-state index is 13.3. The third-order valence-corrected chi connectivity index (χ3v) is 3.95. The van der Waals surface area contributed by atoms with E-state index in [1.165, 1.54) is 12.1 Å². The van der Waals surface area contributed by atoms with Gasteiger partial charge in [-0.1, -0.05) is 25.1 Å². The van der Waals surface area contributed by atoms with Crippen LogP contribution in [0.25, 0.3) is 0 Å². The first-order valence-electron chi connectivity index (χ1n) is 8.77. The van der Waals surface area contributed by atoms with Crippen molar-refractivity contribution in [3.63, 3.8) is 0 Å². The molecule has 2 aromatic carbocycles. The highest BCUT2D eigenvalue weighted by molar-refractivity contribution is 5.92. The first-order chi connectivity index (χ1) is 13.0. The molecule has 0 spiro atoms. The van der Waals surface area contributed by atoms with E-state index in [0.29, 0.717) is 30.4 Å². The number of hydrogen-bond acceptors (Lipinski definition) is 3. The zero-order valence-corrected chi connectivity index (χ0v) is 15.5. The Morgan fingerprint density at radius 3 is 2.67 bits per heavy atom. The lowest BCUT2D eigenvalue weighted by Crippen LogP contribution is -2.42. The van der Waals surface area contributed by atoms with Crippen molar-refractivity contribution < 1.29 is 13.9 Å². The molecule has 0 aliphatic carbocycles. The molecule has 1 unspecified atom stereocenters. The zero-order valence-electron chi connectivity index (χ0n) is 15.5. The van der Waals surface area contributed by atoms with E-state index in [4.69, 9.17) is 10.5 Å². The molecule has 0 saturated carbocycles. The van der Waals surface area contributed by atoms with Gasteiger partial charge in [-0.2, -0.15) is 0 Å². The van der Waals surface area contributed by atoms with Crippen molar-refractivity contribution >= 4 is 11.9 Å². The van der Waals surface area contributed by atoms with E-state index in [1.807, 2.05) is 13.0 Å². The van der Waals surface area contributed by atoms with Gasteiger partial charge in [-0.15, -0.1) is 0 Å². The van der Waals surface area contributed by atoms with Crippen LogP contribution in [0.5, 0.6) is 5.75 Å². The van der Waals surface area contributed by atoms with Crippen LogP contribution in [-0.2, 0) is 6.54 Å². The fourth-order valence-corrected chi connectivity index (χ4v) is 2.45. The Bertz CT molecular complexity index is 795. The minimum Gasteiger partial charge on any atom is -0.489 e. The molecule has 4 N–H and O–H groups in total. The average molecular weight is 372 g/mol. The number of benzene rings is 2. The number of aliphatic imine (C=N–C) groups is 1. The molecular weight excluding hydrogens is 347 g/mol. The van der Waals surface area contributed by atoms with Crippen LogP contribution >= 0.6 is 0 Å². The van der Waals surface area contributed by atoms with Crippen molar-refractivity contribution in [2.45, 2.75) is 26.0 Å². The summed E-state index contributed by atoms with van der Waals surface area (Å²) in [5.41, 5.74) is 6.68. The summed E-state index contributed by atoms with van der Waals surface area (Å²) in [5.74, 6) is 0.307. The number of ether oxygens (including phenoxy) is 1. The van der Waals surface area contributed by atoms with E-state index in [9.17, 15) is 9.18 Å². The summed E-state index contributed by atoms with van der Waals surface area (Å²) >= 11 is 0. The normalized spacial score (nSPS) is 12.3. The Morgan fingerprint density at radius 2 is 2.00 bits per heavy atom. The summed E-state index contributed by atoms with van der Waals surface area (Å²) in [4.78, 5) is 15.4. The third kappa shape index (κ3) is 6.62. The van der Waals surface area contributed by atoms with Crippen LogP contribution in [0.4, 0.5) is 4.39 Å². The molecule has 0 aromatic heterocycles. The molecule has 6 nitrogen and oxygen atoms in total. The Kier molecular flexibility index (Phi) is 7.61. The summed E-state index contributed by atoms with van der Waals surface area (Å²) in [6.45, 7) is 2.99. The largest absolute Gasteiger partial charge is 0.489 e. The van der Waals surface area contributed by atoms with Crippen LogP contribution in [-0.4, -0.2) is 31.6 Å². The molecule has 2 aromatic rings. The topological polar surface area (TPSA) is 88.7 Å². The molecular formula is C20H25FN4O2. The van der Waals surface area contributed by atoms with Gasteiger partial charge < -0.3 is 21.1 Å². The molecule has 0 bridgehead atoms. The predicted octanol–water partition coefficient (Wildman–Crippen LogP) is 2.45. The lowest BCUT2D eigenvalue weighted by atomic mass is 10.1. The summed E-state index contributed by atoms with van der Waals surface area (Å²) in [6, 6.07) is 13.2. The SMILES string of the molecule is CCC(CNC(=NC)NCc1cccc(C(N)=O)c1)Oc1cccc(F)c1. The van der Waals surface area contributed by atoms with Crippen LogP contribution < -0.4 is 21.1 Å². The highest BCUT2D eigenvalue weighted by atomic mass is 19.1. The number of nitrogens with two attached hydrogens (primary N) is 1. The highest BCUT2D eigenvalue weighted by Crippen LogP contribution is 2.14. The minimum atomic E-state index is -0.459. The molecule has 0 fully saturated rings. The van der Waals surface area contributed by atoms with Crippen LogP contribution in [0.1, 0.15) is 29.3 Å². The van der Waals surface area contributed by atoms with Crippen molar-refractivity contribution in [3.05, 3.63) is 65.5 Å². The lowest BCUT2D eigenvalue weighted by Gasteiger charge is -2.20. The van der Waals surface area contributed by atoms with Crippen molar-refractivity contribution in [2.75, 3.05) is 13.6 Å². The summed E-state index contributed by atoms with van der Waals surface area (Å²) < 4.78 is 19.1. The molecule has 0 radical (unpaired) electrons. The Hall–Kier alpha value is -3.09. The maximum atomic E-state index is 13.3. The van der Waals surface area contributed by atoms with Crippen LogP contribution in [0.3, 0.4) is 0 Å². The number of guanidine groups is 1. The van der Waals surface area contributed by atoms with Gasteiger partial charge in [0.15, 0.2) is 5.96 Å². The second kappa shape index (κ2) is 10.2. The van der Waals surface area contributed by atoms with Gasteiger partial charge in [-0.3, -0.25) is 9.79 Å². The van der Waals surface area contributed by atoms with Crippen molar-refractivity contribution in [3.8, 4) is 5.75 Å². The molecule has 0 aliphatic rings. The first-order valence-corrected chi connectivity index (χ1v) is 8.77. The van der Waals surface area contributed by atoms with Gasteiger partial charge >= 0.3 is 0 Å². The molecule has 27 heavy (non-hydrogen) atoms. The summed E-state index contributed by atoms with van der Waals surface area (Å²) in [5, 5.41) is 6.37. The van der Waals surface area contributed by atoms with E-state index in [0.717, 1.165) is 12.0 Å². The van der Waals surface area contributed by atoms with Crippen LogP contribution in [0.15, 0.2) is 53.5 Å². The van der Waals surface area contributed by atoms with Gasteiger partial charge in [-0.25, -0.2) is 4.39 Å². The fourth-order valence-electron chi connectivity index (χ4n) is 2.45. The molecule has 0 aliphatic heterocycles. The highest BCUT2D eigenvalue weighted by Gasteiger charge is 2.10. The smallest absolute Gasteiger partial charge is 0.248 e. The number of rotatable bonds is 8. The number of nitrogens with zero attached hydrogens (tertiary/aromatic N) is 1. The second-order valence-corrected chi connectivity index (χ2v) is 5.98.